The lowest BCUT2D eigenvalue weighted by molar-refractivity contribution is 0.123. The maximum atomic E-state index is 5.85. The molecule has 2 heterocycles. The Kier molecular flexibility index (Phi) is 9.09. The largest absolute Gasteiger partial charge is 0.497 e. The van der Waals surface area contributed by atoms with Gasteiger partial charge >= 0.3 is 0 Å². The van der Waals surface area contributed by atoms with Crippen LogP contribution in [0.25, 0.3) is 0 Å². The van der Waals surface area contributed by atoms with Gasteiger partial charge in [-0.3, -0.25) is 0 Å². The summed E-state index contributed by atoms with van der Waals surface area (Å²) in [7, 11) is 3.92. The van der Waals surface area contributed by atoms with Gasteiger partial charge in [-0.15, -0.1) is 0 Å². The Hall–Kier alpha value is -2.02. The zero-order valence-electron chi connectivity index (χ0n) is 20.0. The molecule has 0 atom stereocenters. The van der Waals surface area contributed by atoms with Gasteiger partial charge in [-0.25, -0.2) is 4.99 Å². The summed E-state index contributed by atoms with van der Waals surface area (Å²) in [5.41, 5.74) is 3.78. The highest BCUT2D eigenvalue weighted by Gasteiger charge is 2.26. The van der Waals surface area contributed by atoms with Crippen molar-refractivity contribution in [1.29, 1.82) is 0 Å². The van der Waals surface area contributed by atoms with E-state index < -0.39 is 0 Å². The number of para-hydroxylation sites is 1. The molecule has 5 nitrogen and oxygen atoms in total. The fourth-order valence-corrected chi connectivity index (χ4v) is 5.55. The van der Waals surface area contributed by atoms with E-state index in [1.165, 1.54) is 55.2 Å². The van der Waals surface area contributed by atoms with Crippen LogP contribution in [0.1, 0.15) is 36.8 Å². The maximum Gasteiger partial charge on any atom is 0.164 e. The Morgan fingerprint density at radius 1 is 1.03 bits per heavy atom. The van der Waals surface area contributed by atoms with Gasteiger partial charge in [-0.1, -0.05) is 42.1 Å². The minimum absolute atomic E-state index is 0.596. The molecule has 6 heteroatoms. The molecule has 1 fully saturated rings. The van der Waals surface area contributed by atoms with Crippen molar-refractivity contribution in [2.45, 2.75) is 43.9 Å². The number of likely N-dealkylation sites (tertiary alicyclic amines) is 1. The third kappa shape index (κ3) is 6.98. The average Bonchev–Trinajstić information content (AvgIpc) is 2.88. The summed E-state index contributed by atoms with van der Waals surface area (Å²) >= 11 is 1.87. The van der Waals surface area contributed by atoms with Crippen molar-refractivity contribution in [1.82, 2.24) is 9.80 Å². The second kappa shape index (κ2) is 12.4. The van der Waals surface area contributed by atoms with Gasteiger partial charge in [0.15, 0.2) is 5.17 Å². The fourth-order valence-electron chi connectivity index (χ4n) is 4.51. The fraction of sp³-hybridized carbons (Fsp3) is 0.519. The van der Waals surface area contributed by atoms with Crippen molar-refractivity contribution in [3.63, 3.8) is 0 Å². The third-order valence-corrected chi connectivity index (χ3v) is 7.77. The SMILES string of the molecule is COc1ccc(CCOCCCCN2CCC(N(C)C3=Nc4ccccc4CS3)CC2)cc1. The summed E-state index contributed by atoms with van der Waals surface area (Å²) in [5, 5.41) is 1.18. The van der Waals surface area contributed by atoms with Gasteiger partial charge in [-0.2, -0.15) is 0 Å². The maximum absolute atomic E-state index is 5.85. The lowest BCUT2D eigenvalue weighted by Crippen LogP contribution is -2.45. The van der Waals surface area contributed by atoms with Crippen LogP contribution in [0.4, 0.5) is 5.69 Å². The first-order valence-corrected chi connectivity index (χ1v) is 13.2. The van der Waals surface area contributed by atoms with Crippen molar-refractivity contribution in [2.24, 2.45) is 4.99 Å². The van der Waals surface area contributed by atoms with Gasteiger partial charge in [-0.05, 0) is 68.0 Å². The number of benzene rings is 2. The number of ether oxygens (including phenoxy) is 2. The second-order valence-corrected chi connectivity index (χ2v) is 9.86. The van der Waals surface area contributed by atoms with Crippen molar-refractivity contribution >= 4 is 22.6 Å². The van der Waals surface area contributed by atoms with Gasteiger partial charge in [0.05, 0.1) is 19.4 Å². The summed E-state index contributed by atoms with van der Waals surface area (Å²) in [5.74, 6) is 1.93. The predicted molar refractivity (Wildman–Crippen MR) is 139 cm³/mol. The zero-order valence-corrected chi connectivity index (χ0v) is 20.9. The summed E-state index contributed by atoms with van der Waals surface area (Å²) in [6.07, 6.45) is 5.74. The van der Waals surface area contributed by atoms with Crippen LogP contribution in [0.5, 0.6) is 5.75 Å². The number of aliphatic imine (C=N–C) groups is 1. The molecule has 33 heavy (non-hydrogen) atoms. The predicted octanol–water partition coefficient (Wildman–Crippen LogP) is 5.37. The molecule has 0 N–H and O–H groups in total. The number of rotatable bonds is 10. The number of methoxy groups -OCH3 is 1. The summed E-state index contributed by atoms with van der Waals surface area (Å²) in [6, 6.07) is 17.4. The molecule has 0 radical (unpaired) electrons. The van der Waals surface area contributed by atoms with E-state index in [0.29, 0.717) is 6.04 Å². The van der Waals surface area contributed by atoms with Crippen LogP contribution in [0.3, 0.4) is 0 Å². The van der Waals surface area contributed by atoms with Crippen LogP contribution >= 0.6 is 11.8 Å². The second-order valence-electron chi connectivity index (χ2n) is 8.91. The zero-order chi connectivity index (χ0) is 22.9. The number of piperidine rings is 1. The van der Waals surface area contributed by atoms with Gasteiger partial charge in [0.2, 0.25) is 0 Å². The molecule has 178 valence electrons. The van der Waals surface area contributed by atoms with E-state index >= 15 is 0 Å². The number of nitrogens with zero attached hydrogens (tertiary/aromatic N) is 3. The molecular formula is C27H37N3O2S. The van der Waals surface area contributed by atoms with E-state index in [2.05, 4.69) is 53.2 Å². The Balaban J connectivity index is 1.08. The van der Waals surface area contributed by atoms with E-state index in [1.807, 2.05) is 23.9 Å². The highest BCUT2D eigenvalue weighted by molar-refractivity contribution is 8.13. The Morgan fingerprint density at radius 3 is 2.61 bits per heavy atom. The first kappa shape index (κ1) is 24.1. The van der Waals surface area contributed by atoms with Crippen LogP contribution in [0, 0.1) is 0 Å². The van der Waals surface area contributed by atoms with Crippen LogP contribution in [0.15, 0.2) is 53.5 Å². The van der Waals surface area contributed by atoms with Crippen molar-refractivity contribution in [3.8, 4) is 5.75 Å². The minimum atomic E-state index is 0.596. The van der Waals surface area contributed by atoms with E-state index in [4.69, 9.17) is 14.5 Å². The Labute approximate surface area is 203 Å². The smallest absolute Gasteiger partial charge is 0.164 e. The van der Waals surface area contributed by atoms with E-state index in [1.54, 1.807) is 7.11 Å². The quantitative estimate of drug-likeness (QED) is 0.440. The van der Waals surface area contributed by atoms with Crippen LogP contribution in [-0.2, 0) is 16.9 Å². The normalized spacial score (nSPS) is 16.8. The molecule has 2 aliphatic heterocycles. The molecule has 1 saturated heterocycles. The summed E-state index contributed by atoms with van der Waals surface area (Å²) < 4.78 is 11.1. The van der Waals surface area contributed by atoms with Gasteiger partial charge in [0.25, 0.3) is 0 Å². The lowest BCUT2D eigenvalue weighted by Gasteiger charge is -2.38. The molecule has 2 aliphatic rings. The minimum Gasteiger partial charge on any atom is -0.497 e. The molecular weight excluding hydrogens is 430 g/mol. The number of thioether (sulfide) groups is 1. The first-order chi connectivity index (χ1) is 16.2. The van der Waals surface area contributed by atoms with Crippen LogP contribution < -0.4 is 4.74 Å². The van der Waals surface area contributed by atoms with Crippen molar-refractivity contribution in [3.05, 3.63) is 59.7 Å². The highest BCUT2D eigenvalue weighted by Crippen LogP contribution is 2.32. The number of amidine groups is 1. The number of fused-ring (bicyclic) bond motifs is 1. The van der Waals surface area contributed by atoms with Crippen molar-refractivity contribution < 1.29 is 9.47 Å². The number of unbranched alkanes of at least 4 members (excludes halogenated alkanes) is 1. The third-order valence-electron chi connectivity index (χ3n) is 6.68. The molecule has 0 saturated carbocycles. The topological polar surface area (TPSA) is 37.3 Å². The van der Waals surface area contributed by atoms with E-state index in [0.717, 1.165) is 43.2 Å². The van der Waals surface area contributed by atoms with Gasteiger partial charge < -0.3 is 19.3 Å². The van der Waals surface area contributed by atoms with Gasteiger partial charge in [0, 0.05) is 38.5 Å². The molecule has 0 aromatic heterocycles. The van der Waals surface area contributed by atoms with Crippen molar-refractivity contribution in [2.75, 3.05) is 47.0 Å². The molecule has 0 amide bonds. The Bertz CT molecular complexity index is 894. The molecule has 2 aromatic carbocycles. The standard InChI is InChI=1S/C27H37N3O2S/c1-29(27-28-26-8-4-3-7-23(26)21-33-27)24-13-17-30(18-14-24)16-5-6-19-32-20-15-22-9-11-25(31-2)12-10-22/h3-4,7-12,24H,5-6,13-21H2,1-2H3. The summed E-state index contributed by atoms with van der Waals surface area (Å²) in [6.45, 7) is 5.19. The van der Waals surface area contributed by atoms with E-state index in [9.17, 15) is 0 Å². The molecule has 0 bridgehead atoms. The average molecular weight is 468 g/mol. The van der Waals surface area contributed by atoms with Crippen LogP contribution in [-0.4, -0.2) is 68.0 Å². The summed E-state index contributed by atoms with van der Waals surface area (Å²) in [4.78, 5) is 9.97. The molecule has 0 unspecified atom stereocenters. The molecule has 0 spiro atoms. The first-order valence-electron chi connectivity index (χ1n) is 12.2. The molecule has 2 aromatic rings. The van der Waals surface area contributed by atoms with Crippen LogP contribution in [0.2, 0.25) is 0 Å². The van der Waals surface area contributed by atoms with E-state index in [-0.39, 0.29) is 0 Å². The Morgan fingerprint density at radius 2 is 1.82 bits per heavy atom. The highest BCUT2D eigenvalue weighted by atomic mass is 32.2. The molecule has 4 rings (SSSR count). The van der Waals surface area contributed by atoms with Gasteiger partial charge in [0.1, 0.15) is 5.75 Å². The lowest BCUT2D eigenvalue weighted by atomic mass is 10.0. The molecule has 0 aliphatic carbocycles. The number of hydrogen-bond acceptors (Lipinski definition) is 6. The monoisotopic (exact) mass is 467 g/mol. The number of hydrogen-bond donors (Lipinski definition) is 0.